The highest BCUT2D eigenvalue weighted by atomic mass is 35.5. The fourth-order valence-electron chi connectivity index (χ4n) is 4.04. The van der Waals surface area contributed by atoms with Crippen LogP contribution in [0.4, 0.5) is 11.4 Å². The van der Waals surface area contributed by atoms with Crippen molar-refractivity contribution in [2.24, 2.45) is 0 Å². The van der Waals surface area contributed by atoms with Gasteiger partial charge in [0.15, 0.2) is 5.69 Å². The molecule has 0 saturated carbocycles. The quantitative estimate of drug-likeness (QED) is 0.160. The van der Waals surface area contributed by atoms with Crippen molar-refractivity contribution in [3.8, 4) is 5.88 Å². The molecule has 0 aliphatic carbocycles. The third-order valence-corrected chi connectivity index (χ3v) is 6.00. The molecule has 4 aromatic rings. The van der Waals surface area contributed by atoms with Gasteiger partial charge in [0.2, 0.25) is 11.7 Å². The SMILES string of the molecule is COC(=O)c1cc(C(=O)O)nc2ncc(O)n12.Nc1c(N2CCc3ccc(CNCl)cc3C2)c(=O)c1=O. The zero-order valence-corrected chi connectivity index (χ0v) is 20.2. The molecular weight excluding hydrogens is 508 g/mol. The van der Waals surface area contributed by atoms with Crippen LogP contribution in [0, 0.1) is 0 Å². The lowest BCUT2D eigenvalue weighted by molar-refractivity contribution is 0.0590. The topological polar surface area (TPSA) is 189 Å². The van der Waals surface area contributed by atoms with E-state index in [0.29, 0.717) is 25.3 Å². The molecule has 0 atom stereocenters. The predicted octanol–water partition coefficient (Wildman–Crippen LogP) is 0.591. The first-order valence-corrected chi connectivity index (χ1v) is 11.2. The van der Waals surface area contributed by atoms with Crippen LogP contribution in [0.25, 0.3) is 5.78 Å². The van der Waals surface area contributed by atoms with Crippen molar-refractivity contribution >= 4 is 40.9 Å². The maximum Gasteiger partial charge on any atom is 0.355 e. The number of fused-ring (bicyclic) bond motifs is 2. The highest BCUT2D eigenvalue weighted by molar-refractivity contribution is 6.13. The lowest BCUT2D eigenvalue weighted by atomic mass is 9.96. The summed E-state index contributed by atoms with van der Waals surface area (Å²) in [5.74, 6) is -2.53. The first kappa shape index (κ1) is 25.6. The first-order valence-electron chi connectivity index (χ1n) is 10.8. The van der Waals surface area contributed by atoms with Crippen LogP contribution in [0.5, 0.6) is 5.88 Å². The van der Waals surface area contributed by atoms with Crippen LogP contribution in [-0.4, -0.2) is 50.2 Å². The summed E-state index contributed by atoms with van der Waals surface area (Å²) in [7, 11) is 1.14. The Bertz CT molecular complexity index is 1590. The minimum atomic E-state index is -1.31. The number of aromatic nitrogens is 3. The summed E-state index contributed by atoms with van der Waals surface area (Å²) in [6.45, 7) is 1.88. The summed E-state index contributed by atoms with van der Waals surface area (Å²) in [5, 5.41) is 18.3. The Labute approximate surface area is 213 Å². The molecule has 3 heterocycles. The van der Waals surface area contributed by atoms with Gasteiger partial charge in [-0.1, -0.05) is 18.2 Å². The van der Waals surface area contributed by atoms with Gasteiger partial charge in [-0.15, -0.1) is 0 Å². The van der Waals surface area contributed by atoms with E-state index in [1.165, 1.54) is 5.56 Å². The lowest BCUT2D eigenvalue weighted by Gasteiger charge is -2.31. The number of nitrogens with two attached hydrogens (primary N) is 1. The van der Waals surface area contributed by atoms with E-state index in [1.54, 1.807) is 0 Å². The van der Waals surface area contributed by atoms with Crippen molar-refractivity contribution in [2.45, 2.75) is 19.5 Å². The van der Waals surface area contributed by atoms with Gasteiger partial charge in [-0.25, -0.2) is 28.8 Å². The average molecular weight is 529 g/mol. The summed E-state index contributed by atoms with van der Waals surface area (Å²) in [5.41, 5.74) is 8.03. The number of imidazole rings is 1. The van der Waals surface area contributed by atoms with Gasteiger partial charge in [0.25, 0.3) is 10.9 Å². The van der Waals surface area contributed by atoms with E-state index in [-0.39, 0.29) is 28.7 Å². The van der Waals surface area contributed by atoms with E-state index in [4.69, 9.17) is 22.6 Å². The van der Waals surface area contributed by atoms with Gasteiger partial charge in [-0.2, -0.15) is 0 Å². The fourth-order valence-corrected chi connectivity index (χ4v) is 4.20. The van der Waals surface area contributed by atoms with Gasteiger partial charge in [-0.05, 0) is 34.9 Å². The third-order valence-electron chi connectivity index (χ3n) is 5.86. The number of carboxylic acids is 1. The van der Waals surface area contributed by atoms with E-state index in [0.717, 1.165) is 41.3 Å². The smallest absolute Gasteiger partial charge is 0.355 e. The summed E-state index contributed by atoms with van der Waals surface area (Å²) in [6.07, 6.45) is 1.89. The largest absolute Gasteiger partial charge is 0.493 e. The Morgan fingerprint density at radius 2 is 1.97 bits per heavy atom. The lowest BCUT2D eigenvalue weighted by Crippen LogP contribution is -2.44. The molecule has 0 fully saturated rings. The highest BCUT2D eigenvalue weighted by Crippen LogP contribution is 2.26. The normalized spacial score (nSPS) is 12.6. The van der Waals surface area contributed by atoms with E-state index in [2.05, 4.69) is 31.7 Å². The molecule has 0 saturated heterocycles. The molecule has 0 bridgehead atoms. The van der Waals surface area contributed by atoms with Gasteiger partial charge in [0.05, 0.1) is 13.3 Å². The van der Waals surface area contributed by atoms with Crippen LogP contribution >= 0.6 is 11.8 Å². The number of hydrogen-bond acceptors (Lipinski definition) is 11. The van der Waals surface area contributed by atoms with Crippen LogP contribution in [0.2, 0.25) is 0 Å². The van der Waals surface area contributed by atoms with Crippen molar-refractivity contribution in [3.05, 3.63) is 79.0 Å². The maximum atomic E-state index is 11.6. The molecule has 13 nitrogen and oxygen atoms in total. The Kier molecular flexibility index (Phi) is 7.09. The molecular formula is C23H21ClN6O7. The van der Waals surface area contributed by atoms with Crippen molar-refractivity contribution in [3.63, 3.8) is 0 Å². The number of nitrogens with zero attached hydrogens (tertiary/aromatic N) is 4. The van der Waals surface area contributed by atoms with Gasteiger partial charge in [0, 0.05) is 25.7 Å². The Morgan fingerprint density at radius 1 is 1.22 bits per heavy atom. The molecule has 0 unspecified atom stereocenters. The number of rotatable bonds is 5. The summed E-state index contributed by atoms with van der Waals surface area (Å²) < 4.78 is 5.48. The zero-order chi connectivity index (χ0) is 26.9. The number of hydrogen-bond donors (Lipinski definition) is 4. The number of aromatic carboxylic acids is 1. The molecule has 2 aromatic carbocycles. The van der Waals surface area contributed by atoms with Crippen molar-refractivity contribution in [1.82, 2.24) is 19.2 Å². The molecule has 192 valence electrons. The van der Waals surface area contributed by atoms with Crippen LogP contribution in [0.3, 0.4) is 0 Å². The Hall–Kier alpha value is -4.49. The number of anilines is 2. The standard InChI is InChI=1S/C14H14ClN3O2.C9H7N3O5/c15-17-6-8-1-2-9-3-4-18(7-10(9)5-8)12-11(16)13(19)14(12)20;1-17-8(16)5-2-4(7(14)15)11-9-10-3-6(13)12(5)9/h1-2,5,17H,3-4,6-7,16H2;2-3,13H,1H3,(H,14,15). The van der Waals surface area contributed by atoms with Gasteiger partial charge in [-0.3, -0.25) is 9.59 Å². The molecule has 0 spiro atoms. The van der Waals surface area contributed by atoms with Crippen molar-refractivity contribution in [2.75, 3.05) is 24.3 Å². The van der Waals surface area contributed by atoms with Gasteiger partial charge in [0.1, 0.15) is 17.1 Å². The molecule has 0 radical (unpaired) electrons. The number of carboxylic acid groups (broad SMARTS) is 1. The van der Waals surface area contributed by atoms with Crippen molar-refractivity contribution < 1.29 is 24.5 Å². The van der Waals surface area contributed by atoms with Crippen LogP contribution in [0.1, 0.15) is 37.7 Å². The number of carbonyl (C=O) groups is 2. The number of methoxy groups -OCH3 is 1. The number of benzene rings is 1. The van der Waals surface area contributed by atoms with E-state index in [1.807, 2.05) is 11.0 Å². The first-order chi connectivity index (χ1) is 17.7. The molecule has 37 heavy (non-hydrogen) atoms. The number of ether oxygens (including phenoxy) is 1. The second-order valence-corrected chi connectivity index (χ2v) is 8.35. The minimum absolute atomic E-state index is 0.0945. The van der Waals surface area contributed by atoms with Crippen LogP contribution in [-0.2, 0) is 24.2 Å². The number of halogens is 1. The fraction of sp³-hybridized carbons (Fsp3) is 0.217. The number of aromatic hydroxyl groups is 1. The van der Waals surface area contributed by atoms with Gasteiger partial charge < -0.3 is 25.6 Å². The molecule has 1 aliphatic rings. The average Bonchev–Trinajstić information content (AvgIpc) is 3.28. The van der Waals surface area contributed by atoms with E-state index in [9.17, 15) is 24.3 Å². The number of esters is 1. The Balaban J connectivity index is 0.000000176. The predicted molar refractivity (Wildman–Crippen MR) is 133 cm³/mol. The molecule has 5 N–H and O–H groups in total. The van der Waals surface area contributed by atoms with Gasteiger partial charge >= 0.3 is 11.9 Å². The molecule has 2 aromatic heterocycles. The highest BCUT2D eigenvalue weighted by Gasteiger charge is 2.26. The monoisotopic (exact) mass is 528 g/mol. The number of nitrogens with one attached hydrogen (secondary N) is 1. The summed E-state index contributed by atoms with van der Waals surface area (Å²) in [4.78, 5) is 56.9. The van der Waals surface area contributed by atoms with E-state index < -0.39 is 22.8 Å². The van der Waals surface area contributed by atoms with E-state index >= 15 is 0 Å². The second kappa shape index (κ2) is 10.2. The molecule has 0 amide bonds. The molecule has 5 rings (SSSR count). The van der Waals surface area contributed by atoms with Crippen LogP contribution in [0.15, 0.2) is 40.1 Å². The molecule has 1 aliphatic heterocycles. The minimum Gasteiger partial charge on any atom is -0.493 e. The number of carbonyl (C=O) groups excluding carboxylic acids is 1. The number of nitrogen functional groups attached to an aromatic ring is 1. The summed E-state index contributed by atoms with van der Waals surface area (Å²) >= 11 is 5.52. The zero-order valence-electron chi connectivity index (χ0n) is 19.4. The Morgan fingerprint density at radius 3 is 2.62 bits per heavy atom. The van der Waals surface area contributed by atoms with Crippen LogP contribution < -0.4 is 26.3 Å². The molecule has 14 heteroatoms. The maximum absolute atomic E-state index is 11.6. The summed E-state index contributed by atoms with van der Waals surface area (Å²) in [6, 6.07) is 7.19. The third kappa shape index (κ3) is 4.81. The van der Waals surface area contributed by atoms with Crippen molar-refractivity contribution in [1.29, 1.82) is 0 Å². The second-order valence-electron chi connectivity index (χ2n) is 8.08.